The van der Waals surface area contributed by atoms with E-state index in [9.17, 15) is 10.2 Å². The van der Waals surface area contributed by atoms with E-state index in [1.807, 2.05) is 60.7 Å². The zero-order chi connectivity index (χ0) is 14.6. The van der Waals surface area contributed by atoms with E-state index in [0.29, 0.717) is 0 Å². The highest BCUT2D eigenvalue weighted by atomic mass is 16.3. The molecule has 20 heavy (non-hydrogen) atoms. The van der Waals surface area contributed by atoms with Crippen molar-refractivity contribution in [2.24, 2.45) is 5.92 Å². The summed E-state index contributed by atoms with van der Waals surface area (Å²) in [6, 6.07) is 18.7. The van der Waals surface area contributed by atoms with Gasteiger partial charge in [0, 0.05) is 5.92 Å². The molecule has 104 valence electrons. The first-order chi connectivity index (χ1) is 9.57. The quantitative estimate of drug-likeness (QED) is 0.816. The number of aliphatic hydroxyl groups excluding tert-OH is 1. The first-order valence-corrected chi connectivity index (χ1v) is 6.71. The first kappa shape index (κ1) is 14.5. The Labute approximate surface area is 120 Å². The molecule has 2 N–H and O–H groups in total. The van der Waals surface area contributed by atoms with Gasteiger partial charge in [0.25, 0.3) is 0 Å². The lowest BCUT2D eigenvalue weighted by molar-refractivity contribution is -0.0432. The monoisotopic (exact) mass is 268 g/mol. The Balaban J connectivity index is 2.35. The van der Waals surface area contributed by atoms with Crippen molar-refractivity contribution in [3.63, 3.8) is 0 Å². The van der Waals surface area contributed by atoms with Crippen LogP contribution in [0.5, 0.6) is 0 Å². The molecule has 0 aliphatic carbocycles. The summed E-state index contributed by atoms with van der Waals surface area (Å²) in [5.41, 5.74) is 0.353. The van der Waals surface area contributed by atoms with Gasteiger partial charge in [0.2, 0.25) is 0 Å². The lowest BCUT2D eigenvalue weighted by atomic mass is 9.77. The van der Waals surface area contributed by atoms with E-state index in [-0.39, 0.29) is 0 Å². The van der Waals surface area contributed by atoms with Crippen LogP contribution in [-0.4, -0.2) is 10.2 Å². The molecule has 0 aromatic heterocycles. The average molecular weight is 268 g/mol. The zero-order valence-corrected chi connectivity index (χ0v) is 11.6. The third-order valence-electron chi connectivity index (χ3n) is 3.74. The van der Waals surface area contributed by atoms with E-state index in [2.05, 4.69) is 6.58 Å². The van der Waals surface area contributed by atoms with E-state index < -0.39 is 17.6 Å². The summed E-state index contributed by atoms with van der Waals surface area (Å²) in [7, 11) is 0. The number of rotatable bonds is 5. The highest BCUT2D eigenvalue weighted by Gasteiger charge is 2.36. The van der Waals surface area contributed by atoms with Gasteiger partial charge >= 0.3 is 0 Å². The molecule has 3 atom stereocenters. The van der Waals surface area contributed by atoms with Crippen LogP contribution in [-0.2, 0) is 5.60 Å². The topological polar surface area (TPSA) is 40.5 Å². The van der Waals surface area contributed by atoms with Crippen LogP contribution in [0.3, 0.4) is 0 Å². The molecule has 2 rings (SSSR count). The van der Waals surface area contributed by atoms with Gasteiger partial charge in [0.15, 0.2) is 0 Å². The summed E-state index contributed by atoms with van der Waals surface area (Å²) in [6.07, 6.45) is 0.814. The second-order valence-corrected chi connectivity index (χ2v) is 5.13. The maximum Gasteiger partial charge on any atom is 0.0958 e. The van der Waals surface area contributed by atoms with Crippen molar-refractivity contribution in [3.05, 3.63) is 84.4 Å². The van der Waals surface area contributed by atoms with Gasteiger partial charge in [-0.15, -0.1) is 6.58 Å². The molecule has 0 radical (unpaired) electrons. The molecular formula is C18H20O2. The van der Waals surface area contributed by atoms with Crippen molar-refractivity contribution in [1.29, 1.82) is 0 Å². The molecule has 2 aromatic carbocycles. The van der Waals surface area contributed by atoms with Crippen LogP contribution in [0, 0.1) is 5.92 Å². The number of aliphatic hydroxyl groups is 2. The predicted molar refractivity (Wildman–Crippen MR) is 81.1 cm³/mol. The maximum atomic E-state index is 10.8. The minimum absolute atomic E-state index is 0.493. The standard InChI is InChI=1S/C18H20O2/c1-3-16(17(19)14-10-6-4-7-11-14)18(2,20)15-12-8-5-9-13-15/h3-13,16-17,19-20H,1H2,2H3/t16-,17+,18+/m0/s1. The fourth-order valence-electron chi connectivity index (χ4n) is 2.49. The van der Waals surface area contributed by atoms with Gasteiger partial charge in [-0.3, -0.25) is 0 Å². The van der Waals surface area contributed by atoms with Crippen LogP contribution in [0.1, 0.15) is 24.2 Å². The second kappa shape index (κ2) is 6.04. The van der Waals surface area contributed by atoms with Crippen LogP contribution < -0.4 is 0 Å². The van der Waals surface area contributed by atoms with Crippen LogP contribution in [0.25, 0.3) is 0 Å². The maximum absolute atomic E-state index is 10.8. The first-order valence-electron chi connectivity index (χ1n) is 6.71. The van der Waals surface area contributed by atoms with E-state index in [4.69, 9.17) is 0 Å². The lowest BCUT2D eigenvalue weighted by Gasteiger charge is -2.34. The van der Waals surface area contributed by atoms with Gasteiger partial charge in [-0.25, -0.2) is 0 Å². The van der Waals surface area contributed by atoms with Crippen LogP contribution in [0.4, 0.5) is 0 Å². The van der Waals surface area contributed by atoms with Gasteiger partial charge in [-0.1, -0.05) is 66.7 Å². The van der Waals surface area contributed by atoms with E-state index >= 15 is 0 Å². The number of benzene rings is 2. The molecule has 0 unspecified atom stereocenters. The Kier molecular flexibility index (Phi) is 4.38. The molecule has 2 aromatic rings. The summed E-state index contributed by atoms with van der Waals surface area (Å²) < 4.78 is 0. The minimum Gasteiger partial charge on any atom is -0.388 e. The Morgan fingerprint density at radius 2 is 1.50 bits per heavy atom. The van der Waals surface area contributed by atoms with Crippen LogP contribution in [0.2, 0.25) is 0 Å². The summed E-state index contributed by atoms with van der Waals surface area (Å²) >= 11 is 0. The Morgan fingerprint density at radius 3 is 2.00 bits per heavy atom. The van der Waals surface area contributed by atoms with E-state index in [1.165, 1.54) is 0 Å². The third-order valence-corrected chi connectivity index (χ3v) is 3.74. The van der Waals surface area contributed by atoms with Gasteiger partial charge in [0.05, 0.1) is 11.7 Å². The van der Waals surface area contributed by atoms with Gasteiger partial charge in [0.1, 0.15) is 0 Å². The molecule has 0 spiro atoms. The minimum atomic E-state index is -1.18. The third kappa shape index (κ3) is 2.82. The Hall–Kier alpha value is -1.90. The van der Waals surface area contributed by atoms with Gasteiger partial charge in [-0.2, -0.15) is 0 Å². The van der Waals surface area contributed by atoms with E-state index in [0.717, 1.165) is 11.1 Å². The highest BCUT2D eigenvalue weighted by Crippen LogP contribution is 2.38. The number of hydrogen-bond donors (Lipinski definition) is 2. The SMILES string of the molecule is C=C[C@@H]([C@H](O)c1ccccc1)[C@](C)(O)c1ccccc1. The molecule has 2 heteroatoms. The smallest absolute Gasteiger partial charge is 0.0958 e. The predicted octanol–water partition coefficient (Wildman–Crippen LogP) is 3.43. The number of hydrogen-bond acceptors (Lipinski definition) is 2. The Morgan fingerprint density at radius 1 is 1.00 bits per heavy atom. The fourth-order valence-corrected chi connectivity index (χ4v) is 2.49. The van der Waals surface area contributed by atoms with Gasteiger partial charge < -0.3 is 10.2 Å². The summed E-state index contributed by atoms with van der Waals surface area (Å²) in [5.74, 6) is -0.493. The summed E-state index contributed by atoms with van der Waals surface area (Å²) in [6.45, 7) is 5.49. The van der Waals surface area contributed by atoms with Gasteiger partial charge in [-0.05, 0) is 18.1 Å². The molecule has 0 saturated heterocycles. The van der Waals surface area contributed by atoms with Crippen molar-refractivity contribution < 1.29 is 10.2 Å². The van der Waals surface area contributed by atoms with Crippen molar-refractivity contribution >= 4 is 0 Å². The molecule has 0 fully saturated rings. The Bertz CT molecular complexity index is 546. The molecule has 2 nitrogen and oxygen atoms in total. The average Bonchev–Trinajstić information content (AvgIpc) is 2.49. The molecule has 0 bridgehead atoms. The van der Waals surface area contributed by atoms with Crippen molar-refractivity contribution in [2.45, 2.75) is 18.6 Å². The molecule has 0 aliphatic rings. The lowest BCUT2D eigenvalue weighted by Crippen LogP contribution is -2.34. The summed E-state index contributed by atoms with van der Waals surface area (Å²) in [4.78, 5) is 0. The second-order valence-electron chi connectivity index (χ2n) is 5.13. The van der Waals surface area contributed by atoms with Crippen LogP contribution in [0.15, 0.2) is 73.3 Å². The summed E-state index contributed by atoms with van der Waals surface area (Å²) in [5, 5.41) is 21.4. The molecule has 0 aliphatic heterocycles. The fraction of sp³-hybridized carbons (Fsp3) is 0.222. The molecule has 0 amide bonds. The molecule has 0 heterocycles. The normalized spacial score (nSPS) is 16.9. The van der Waals surface area contributed by atoms with E-state index in [1.54, 1.807) is 13.0 Å². The van der Waals surface area contributed by atoms with Crippen molar-refractivity contribution in [2.75, 3.05) is 0 Å². The van der Waals surface area contributed by atoms with Crippen molar-refractivity contribution in [1.82, 2.24) is 0 Å². The largest absolute Gasteiger partial charge is 0.388 e. The highest BCUT2D eigenvalue weighted by molar-refractivity contribution is 5.27. The zero-order valence-electron chi connectivity index (χ0n) is 11.6. The molecular weight excluding hydrogens is 248 g/mol. The van der Waals surface area contributed by atoms with Crippen LogP contribution >= 0.6 is 0 Å². The molecule has 0 saturated carbocycles. The van der Waals surface area contributed by atoms with Crippen molar-refractivity contribution in [3.8, 4) is 0 Å².